The first-order valence-electron chi connectivity index (χ1n) is 6.41. The highest BCUT2D eigenvalue weighted by Crippen LogP contribution is 2.23. The molecule has 2 N–H and O–H groups in total. The Labute approximate surface area is 121 Å². The highest BCUT2D eigenvalue weighted by atomic mass is 32.1. The van der Waals surface area contributed by atoms with Crippen molar-refractivity contribution in [2.45, 2.75) is 19.9 Å². The van der Waals surface area contributed by atoms with Crippen molar-refractivity contribution in [2.24, 2.45) is 5.73 Å². The Balaban J connectivity index is 1.86. The molecule has 0 saturated heterocycles. The highest BCUT2D eigenvalue weighted by molar-refractivity contribution is 7.09. The van der Waals surface area contributed by atoms with Crippen LogP contribution < -0.4 is 5.73 Å². The lowest BCUT2D eigenvalue weighted by molar-refractivity contribution is 0.540. The van der Waals surface area contributed by atoms with Gasteiger partial charge in [0, 0.05) is 23.9 Å². The molecule has 0 aliphatic rings. The van der Waals surface area contributed by atoms with Crippen LogP contribution in [0.2, 0.25) is 0 Å². The van der Waals surface area contributed by atoms with Gasteiger partial charge in [-0.1, -0.05) is 18.2 Å². The van der Waals surface area contributed by atoms with Crippen molar-refractivity contribution in [2.75, 3.05) is 0 Å². The van der Waals surface area contributed by atoms with Crippen LogP contribution in [0, 0.1) is 6.92 Å². The van der Waals surface area contributed by atoms with Gasteiger partial charge in [0.25, 0.3) is 0 Å². The smallest absolute Gasteiger partial charge is 0.226 e. The third-order valence-corrected chi connectivity index (χ3v) is 3.96. The minimum absolute atomic E-state index is 0.484. The molecular formula is C15H15N3OS. The Bertz CT molecular complexity index is 703. The summed E-state index contributed by atoms with van der Waals surface area (Å²) in [6, 6.07) is 9.91. The van der Waals surface area contributed by atoms with Crippen molar-refractivity contribution >= 4 is 11.3 Å². The summed E-state index contributed by atoms with van der Waals surface area (Å²) < 4.78 is 5.75. The number of thiazole rings is 1. The SMILES string of the molecule is Cc1oc(-c2ccccc2)nc1Cc1csc(CN)n1. The zero-order valence-electron chi connectivity index (χ0n) is 11.2. The Kier molecular flexibility index (Phi) is 3.62. The molecule has 0 saturated carbocycles. The third-order valence-electron chi connectivity index (χ3n) is 3.04. The Hall–Kier alpha value is -1.98. The first-order valence-corrected chi connectivity index (χ1v) is 7.29. The van der Waals surface area contributed by atoms with Crippen LogP contribution in [0.15, 0.2) is 40.1 Å². The molecule has 2 heterocycles. The summed E-state index contributed by atoms with van der Waals surface area (Å²) in [6.45, 7) is 2.42. The van der Waals surface area contributed by atoms with E-state index in [1.807, 2.05) is 42.6 Å². The number of rotatable bonds is 4. The lowest BCUT2D eigenvalue weighted by Crippen LogP contribution is -1.96. The first-order chi connectivity index (χ1) is 9.76. The lowest BCUT2D eigenvalue weighted by atomic mass is 10.2. The third kappa shape index (κ3) is 2.64. The molecule has 0 radical (unpaired) electrons. The molecule has 0 amide bonds. The summed E-state index contributed by atoms with van der Waals surface area (Å²) in [5.41, 5.74) is 8.49. The van der Waals surface area contributed by atoms with E-state index in [1.165, 1.54) is 0 Å². The molecule has 0 atom stereocenters. The van der Waals surface area contributed by atoms with E-state index in [0.29, 0.717) is 18.9 Å². The van der Waals surface area contributed by atoms with Crippen LogP contribution in [0.25, 0.3) is 11.5 Å². The van der Waals surface area contributed by atoms with Gasteiger partial charge in [0.15, 0.2) is 0 Å². The van der Waals surface area contributed by atoms with E-state index in [9.17, 15) is 0 Å². The molecular weight excluding hydrogens is 270 g/mol. The lowest BCUT2D eigenvalue weighted by Gasteiger charge is -1.93. The van der Waals surface area contributed by atoms with Crippen LogP contribution in [-0.4, -0.2) is 9.97 Å². The fourth-order valence-corrected chi connectivity index (χ4v) is 2.67. The molecule has 0 spiro atoms. The molecule has 0 bridgehead atoms. The number of aromatic nitrogens is 2. The number of oxazole rings is 1. The Morgan fingerprint density at radius 1 is 1.20 bits per heavy atom. The Morgan fingerprint density at radius 2 is 2.00 bits per heavy atom. The van der Waals surface area contributed by atoms with Crippen LogP contribution in [-0.2, 0) is 13.0 Å². The summed E-state index contributed by atoms with van der Waals surface area (Å²) in [7, 11) is 0. The van der Waals surface area contributed by atoms with E-state index in [1.54, 1.807) is 11.3 Å². The molecule has 4 nitrogen and oxygen atoms in total. The second-order valence-electron chi connectivity index (χ2n) is 4.50. The molecule has 20 heavy (non-hydrogen) atoms. The molecule has 0 aliphatic heterocycles. The molecule has 5 heteroatoms. The quantitative estimate of drug-likeness (QED) is 0.799. The van der Waals surface area contributed by atoms with Crippen LogP contribution in [0.1, 0.15) is 22.2 Å². The van der Waals surface area contributed by atoms with Crippen LogP contribution in [0.3, 0.4) is 0 Å². The Morgan fingerprint density at radius 3 is 2.70 bits per heavy atom. The minimum Gasteiger partial charge on any atom is -0.441 e. The largest absolute Gasteiger partial charge is 0.441 e. The van der Waals surface area contributed by atoms with Crippen LogP contribution in [0.5, 0.6) is 0 Å². The molecule has 0 fully saturated rings. The van der Waals surface area contributed by atoms with Crippen LogP contribution in [0.4, 0.5) is 0 Å². The zero-order chi connectivity index (χ0) is 13.9. The van der Waals surface area contributed by atoms with Crippen LogP contribution >= 0.6 is 11.3 Å². The van der Waals surface area contributed by atoms with E-state index < -0.39 is 0 Å². The number of nitrogens with two attached hydrogens (primary N) is 1. The average Bonchev–Trinajstić information content (AvgIpc) is 3.08. The van der Waals surface area contributed by atoms with Gasteiger partial charge in [-0.25, -0.2) is 9.97 Å². The summed E-state index contributed by atoms with van der Waals surface area (Å²) in [5, 5.41) is 2.97. The minimum atomic E-state index is 0.484. The average molecular weight is 285 g/mol. The molecule has 3 aromatic rings. The van der Waals surface area contributed by atoms with Gasteiger partial charge >= 0.3 is 0 Å². The summed E-state index contributed by atoms with van der Waals surface area (Å²) in [5.74, 6) is 1.50. The summed E-state index contributed by atoms with van der Waals surface area (Å²) >= 11 is 1.58. The number of hydrogen-bond acceptors (Lipinski definition) is 5. The first kappa shape index (κ1) is 13.0. The summed E-state index contributed by atoms with van der Waals surface area (Å²) in [6.07, 6.45) is 0.679. The van der Waals surface area contributed by atoms with Crippen molar-refractivity contribution in [3.05, 3.63) is 57.9 Å². The maximum absolute atomic E-state index is 5.75. The maximum Gasteiger partial charge on any atom is 0.226 e. The van der Waals surface area contributed by atoms with E-state index in [2.05, 4.69) is 9.97 Å². The number of aryl methyl sites for hydroxylation is 1. The highest BCUT2D eigenvalue weighted by Gasteiger charge is 2.13. The number of hydrogen-bond donors (Lipinski definition) is 1. The van der Waals surface area contributed by atoms with Crippen molar-refractivity contribution in [1.29, 1.82) is 0 Å². The topological polar surface area (TPSA) is 64.9 Å². The monoisotopic (exact) mass is 285 g/mol. The van der Waals surface area contributed by atoms with Gasteiger partial charge in [0.1, 0.15) is 10.8 Å². The second-order valence-corrected chi connectivity index (χ2v) is 5.44. The predicted molar refractivity (Wildman–Crippen MR) is 79.5 cm³/mol. The van der Waals surface area contributed by atoms with Gasteiger partial charge in [-0.15, -0.1) is 11.3 Å². The van der Waals surface area contributed by atoms with Gasteiger partial charge in [-0.05, 0) is 19.1 Å². The van der Waals surface area contributed by atoms with E-state index >= 15 is 0 Å². The van der Waals surface area contributed by atoms with Crippen molar-refractivity contribution in [1.82, 2.24) is 9.97 Å². The summed E-state index contributed by atoms with van der Waals surface area (Å²) in [4.78, 5) is 9.04. The predicted octanol–water partition coefficient (Wildman–Crippen LogP) is 3.16. The molecule has 1 aromatic carbocycles. The standard InChI is InChI=1S/C15H15N3OS/c1-10-13(7-12-9-20-14(8-16)17-12)18-15(19-10)11-5-3-2-4-6-11/h2-6,9H,7-8,16H2,1H3. The van der Waals surface area contributed by atoms with Gasteiger partial charge in [0.2, 0.25) is 5.89 Å². The molecule has 102 valence electrons. The van der Waals surface area contributed by atoms with Gasteiger partial charge in [-0.2, -0.15) is 0 Å². The fraction of sp³-hybridized carbons (Fsp3) is 0.200. The molecule has 0 aliphatic carbocycles. The second kappa shape index (κ2) is 5.56. The maximum atomic E-state index is 5.75. The van der Waals surface area contributed by atoms with E-state index in [4.69, 9.17) is 10.2 Å². The fourth-order valence-electron chi connectivity index (χ4n) is 1.99. The normalized spacial score (nSPS) is 10.9. The molecule has 2 aromatic heterocycles. The number of benzene rings is 1. The van der Waals surface area contributed by atoms with Crippen molar-refractivity contribution < 1.29 is 4.42 Å². The number of nitrogens with zero attached hydrogens (tertiary/aromatic N) is 2. The van der Waals surface area contributed by atoms with Crippen molar-refractivity contribution in [3.63, 3.8) is 0 Å². The van der Waals surface area contributed by atoms with Gasteiger partial charge in [0.05, 0.1) is 11.4 Å². The van der Waals surface area contributed by atoms with Gasteiger partial charge in [-0.3, -0.25) is 0 Å². The van der Waals surface area contributed by atoms with E-state index in [0.717, 1.165) is 27.7 Å². The zero-order valence-corrected chi connectivity index (χ0v) is 12.0. The van der Waals surface area contributed by atoms with Gasteiger partial charge < -0.3 is 10.2 Å². The molecule has 3 rings (SSSR count). The van der Waals surface area contributed by atoms with E-state index in [-0.39, 0.29) is 0 Å². The van der Waals surface area contributed by atoms with Crippen molar-refractivity contribution in [3.8, 4) is 11.5 Å². The molecule has 0 unspecified atom stereocenters.